The standard InChI is InChI=1S/C24H25ClN4O4/c1-2-29-11-9-24(15-26,10-12-29)28-21(30)14-27-22(31)17-5-3-16(4-6-17)19-13-18(23(32)33)7-8-20(19)25/h3-8,13H,2,9-12,14H2,1H3,(H,27,31)(H,28,30)(H,32,33). The molecule has 9 heteroatoms. The van der Waals surface area contributed by atoms with Crippen molar-refractivity contribution >= 4 is 29.4 Å². The van der Waals surface area contributed by atoms with Gasteiger partial charge in [-0.1, -0.05) is 30.7 Å². The van der Waals surface area contributed by atoms with Crippen molar-refractivity contribution in [1.29, 1.82) is 5.26 Å². The van der Waals surface area contributed by atoms with Gasteiger partial charge in [-0.3, -0.25) is 9.59 Å². The van der Waals surface area contributed by atoms with Crippen LogP contribution < -0.4 is 10.6 Å². The van der Waals surface area contributed by atoms with E-state index in [0.717, 1.165) is 19.6 Å². The fourth-order valence-electron chi connectivity index (χ4n) is 3.77. The summed E-state index contributed by atoms with van der Waals surface area (Å²) in [6, 6.07) is 13.1. The Balaban J connectivity index is 1.59. The molecule has 1 fully saturated rings. The van der Waals surface area contributed by atoms with E-state index in [-0.39, 0.29) is 12.1 Å². The molecule has 0 aliphatic carbocycles. The molecule has 0 spiro atoms. The van der Waals surface area contributed by atoms with Crippen molar-refractivity contribution in [3.8, 4) is 17.2 Å². The summed E-state index contributed by atoms with van der Waals surface area (Å²) in [5.74, 6) is -1.91. The highest BCUT2D eigenvalue weighted by molar-refractivity contribution is 6.33. The van der Waals surface area contributed by atoms with Crippen molar-refractivity contribution in [3.05, 3.63) is 58.6 Å². The Kier molecular flexibility index (Phi) is 7.69. The third kappa shape index (κ3) is 5.89. The largest absolute Gasteiger partial charge is 0.478 e. The molecular formula is C24H25ClN4O4. The zero-order valence-electron chi connectivity index (χ0n) is 18.2. The normalized spacial score (nSPS) is 15.3. The summed E-state index contributed by atoms with van der Waals surface area (Å²) in [6.07, 6.45) is 1.09. The van der Waals surface area contributed by atoms with Gasteiger partial charge in [-0.25, -0.2) is 4.79 Å². The second-order valence-corrected chi connectivity index (χ2v) is 8.34. The van der Waals surface area contributed by atoms with Gasteiger partial charge in [-0.15, -0.1) is 0 Å². The first-order chi connectivity index (χ1) is 15.8. The Hall–Kier alpha value is -3.41. The molecule has 33 heavy (non-hydrogen) atoms. The molecule has 0 saturated carbocycles. The first-order valence-electron chi connectivity index (χ1n) is 10.6. The van der Waals surface area contributed by atoms with Crippen molar-refractivity contribution < 1.29 is 19.5 Å². The maximum Gasteiger partial charge on any atom is 0.335 e. The number of hydrogen-bond donors (Lipinski definition) is 3. The van der Waals surface area contributed by atoms with Gasteiger partial charge in [0, 0.05) is 29.2 Å². The molecule has 0 bridgehead atoms. The molecule has 2 aromatic rings. The van der Waals surface area contributed by atoms with Gasteiger partial charge in [0.15, 0.2) is 0 Å². The Labute approximate surface area is 197 Å². The molecule has 3 N–H and O–H groups in total. The number of carboxylic acid groups (broad SMARTS) is 1. The molecule has 3 rings (SSSR count). The van der Waals surface area contributed by atoms with E-state index in [4.69, 9.17) is 11.6 Å². The predicted octanol–water partition coefficient (Wildman–Crippen LogP) is 2.93. The number of rotatable bonds is 7. The van der Waals surface area contributed by atoms with Crippen molar-refractivity contribution in [3.63, 3.8) is 0 Å². The van der Waals surface area contributed by atoms with Crippen LogP contribution in [-0.4, -0.2) is 59.5 Å². The van der Waals surface area contributed by atoms with Crippen molar-refractivity contribution in [2.24, 2.45) is 0 Å². The van der Waals surface area contributed by atoms with Crippen LogP contribution in [0, 0.1) is 11.3 Å². The fourth-order valence-corrected chi connectivity index (χ4v) is 4.00. The highest BCUT2D eigenvalue weighted by Crippen LogP contribution is 2.29. The minimum absolute atomic E-state index is 0.109. The molecule has 0 aromatic heterocycles. The SMILES string of the molecule is CCN1CCC(C#N)(NC(=O)CNC(=O)c2ccc(-c3cc(C(=O)O)ccc3Cl)cc2)CC1. The summed E-state index contributed by atoms with van der Waals surface area (Å²) in [4.78, 5) is 38.3. The zero-order chi connectivity index (χ0) is 24.0. The molecule has 172 valence electrons. The number of likely N-dealkylation sites (tertiary alicyclic amines) is 1. The van der Waals surface area contributed by atoms with Crippen LogP contribution in [0.1, 0.15) is 40.5 Å². The molecule has 1 saturated heterocycles. The van der Waals surface area contributed by atoms with Crippen LogP contribution in [-0.2, 0) is 4.79 Å². The first kappa shape index (κ1) is 24.2. The zero-order valence-corrected chi connectivity index (χ0v) is 19.0. The second kappa shape index (κ2) is 10.5. The summed E-state index contributed by atoms with van der Waals surface area (Å²) >= 11 is 6.20. The fraction of sp³-hybridized carbons (Fsp3) is 0.333. The van der Waals surface area contributed by atoms with E-state index in [0.29, 0.717) is 34.6 Å². The van der Waals surface area contributed by atoms with Crippen LogP contribution in [0.4, 0.5) is 0 Å². The molecule has 1 aliphatic rings. The molecule has 1 heterocycles. The number of nitrogens with zero attached hydrogens (tertiary/aromatic N) is 2. The average Bonchev–Trinajstić information content (AvgIpc) is 2.83. The molecule has 0 atom stereocenters. The molecular weight excluding hydrogens is 444 g/mol. The molecule has 0 unspecified atom stereocenters. The Morgan fingerprint density at radius 3 is 2.33 bits per heavy atom. The van der Waals surface area contributed by atoms with Crippen molar-refractivity contribution in [1.82, 2.24) is 15.5 Å². The second-order valence-electron chi connectivity index (χ2n) is 7.94. The minimum Gasteiger partial charge on any atom is -0.478 e. The smallest absolute Gasteiger partial charge is 0.335 e. The molecule has 8 nitrogen and oxygen atoms in total. The van der Waals surface area contributed by atoms with Gasteiger partial charge in [0.05, 0.1) is 18.2 Å². The number of halogens is 1. The lowest BCUT2D eigenvalue weighted by Crippen LogP contribution is -2.56. The van der Waals surface area contributed by atoms with Gasteiger partial charge in [-0.05, 0) is 55.3 Å². The number of carboxylic acids is 1. The molecule has 2 amide bonds. The van der Waals surface area contributed by atoms with Crippen LogP contribution >= 0.6 is 11.6 Å². The lowest BCUT2D eigenvalue weighted by Gasteiger charge is -2.37. The summed E-state index contributed by atoms with van der Waals surface area (Å²) in [5, 5.41) is 24.5. The Morgan fingerprint density at radius 2 is 1.76 bits per heavy atom. The van der Waals surface area contributed by atoms with Gasteiger partial charge >= 0.3 is 5.97 Å². The summed E-state index contributed by atoms with van der Waals surface area (Å²) in [6.45, 7) is 4.20. The van der Waals surface area contributed by atoms with Crippen molar-refractivity contribution in [2.45, 2.75) is 25.3 Å². The predicted molar refractivity (Wildman–Crippen MR) is 124 cm³/mol. The summed E-state index contributed by atoms with van der Waals surface area (Å²) < 4.78 is 0. The van der Waals surface area contributed by atoms with Crippen molar-refractivity contribution in [2.75, 3.05) is 26.2 Å². The number of carbonyl (C=O) groups excluding carboxylic acids is 2. The van der Waals surface area contributed by atoms with Gasteiger partial charge in [0.1, 0.15) is 5.54 Å². The lowest BCUT2D eigenvalue weighted by atomic mass is 9.89. The maximum atomic E-state index is 12.5. The van der Waals surface area contributed by atoms with Crippen LogP contribution in [0.25, 0.3) is 11.1 Å². The third-order valence-electron chi connectivity index (χ3n) is 5.83. The highest BCUT2D eigenvalue weighted by Gasteiger charge is 2.35. The number of nitriles is 1. The Morgan fingerprint density at radius 1 is 1.12 bits per heavy atom. The van der Waals surface area contributed by atoms with Gasteiger partial charge in [0.25, 0.3) is 5.91 Å². The van der Waals surface area contributed by atoms with E-state index in [1.807, 2.05) is 0 Å². The van der Waals surface area contributed by atoms with Crippen LogP contribution in [0.5, 0.6) is 0 Å². The Bertz CT molecular complexity index is 1090. The summed E-state index contributed by atoms with van der Waals surface area (Å²) in [5.41, 5.74) is 0.741. The monoisotopic (exact) mass is 468 g/mol. The molecule has 0 radical (unpaired) electrons. The van der Waals surface area contributed by atoms with E-state index in [1.165, 1.54) is 18.2 Å². The van der Waals surface area contributed by atoms with Gasteiger partial charge in [0.2, 0.25) is 5.91 Å². The van der Waals surface area contributed by atoms with E-state index in [9.17, 15) is 24.8 Å². The minimum atomic E-state index is -1.06. The van der Waals surface area contributed by atoms with E-state index in [1.54, 1.807) is 24.3 Å². The van der Waals surface area contributed by atoms with E-state index < -0.39 is 23.3 Å². The quantitative estimate of drug-likeness (QED) is 0.574. The van der Waals surface area contributed by atoms with Gasteiger partial charge in [-0.2, -0.15) is 5.26 Å². The molecule has 2 aromatic carbocycles. The number of hydrogen-bond acceptors (Lipinski definition) is 5. The van der Waals surface area contributed by atoms with E-state index in [2.05, 4.69) is 28.5 Å². The first-order valence-corrected chi connectivity index (χ1v) is 11.0. The highest BCUT2D eigenvalue weighted by atomic mass is 35.5. The molecule has 1 aliphatic heterocycles. The number of amides is 2. The maximum absolute atomic E-state index is 12.5. The number of aromatic carboxylic acids is 1. The van der Waals surface area contributed by atoms with Crippen LogP contribution in [0.15, 0.2) is 42.5 Å². The van der Waals surface area contributed by atoms with Crippen LogP contribution in [0.3, 0.4) is 0 Å². The topological polar surface area (TPSA) is 123 Å². The average molecular weight is 469 g/mol. The summed E-state index contributed by atoms with van der Waals surface area (Å²) in [7, 11) is 0. The lowest BCUT2D eigenvalue weighted by molar-refractivity contribution is -0.121. The van der Waals surface area contributed by atoms with Crippen LogP contribution in [0.2, 0.25) is 5.02 Å². The number of piperidine rings is 1. The van der Waals surface area contributed by atoms with E-state index >= 15 is 0 Å². The number of nitrogens with one attached hydrogen (secondary N) is 2. The number of benzene rings is 2. The van der Waals surface area contributed by atoms with Gasteiger partial charge < -0.3 is 20.6 Å². The number of carbonyl (C=O) groups is 3. The third-order valence-corrected chi connectivity index (χ3v) is 6.16.